The van der Waals surface area contributed by atoms with Gasteiger partial charge in [0, 0.05) is 30.6 Å². The van der Waals surface area contributed by atoms with Crippen molar-refractivity contribution in [3.05, 3.63) is 16.6 Å². The van der Waals surface area contributed by atoms with Crippen molar-refractivity contribution in [3.63, 3.8) is 0 Å². The highest BCUT2D eigenvalue weighted by molar-refractivity contribution is 7.09. The van der Waals surface area contributed by atoms with Gasteiger partial charge in [-0.05, 0) is 13.5 Å². The molecule has 0 aliphatic heterocycles. The van der Waals surface area contributed by atoms with Gasteiger partial charge in [-0.3, -0.25) is 0 Å². The van der Waals surface area contributed by atoms with Gasteiger partial charge in [0.05, 0.1) is 5.01 Å². The summed E-state index contributed by atoms with van der Waals surface area (Å²) in [5.74, 6) is 0. The fourth-order valence-electron chi connectivity index (χ4n) is 1.33. The lowest BCUT2D eigenvalue weighted by atomic mass is 10.1. The van der Waals surface area contributed by atoms with E-state index in [0.717, 1.165) is 5.01 Å². The zero-order valence-corrected chi connectivity index (χ0v) is 10.3. The third-order valence-electron chi connectivity index (χ3n) is 2.19. The molecule has 1 rings (SSSR count). The largest absolute Gasteiger partial charge is 0.411 e. The molecule has 0 aromatic carbocycles. The van der Waals surface area contributed by atoms with Crippen molar-refractivity contribution in [3.8, 4) is 0 Å². The van der Waals surface area contributed by atoms with Crippen LogP contribution >= 0.6 is 11.3 Å². The van der Waals surface area contributed by atoms with Gasteiger partial charge in [0.25, 0.3) is 0 Å². The molecule has 1 N–H and O–H groups in total. The van der Waals surface area contributed by atoms with Gasteiger partial charge in [-0.2, -0.15) is 13.2 Å². The average Bonchev–Trinajstić information content (AvgIpc) is 2.73. The van der Waals surface area contributed by atoms with Crippen LogP contribution in [0.15, 0.2) is 11.6 Å². The number of nitrogens with zero attached hydrogens (tertiary/aromatic N) is 1. The number of nitrogens with one attached hydrogen (secondary N) is 1. The molecule has 0 radical (unpaired) electrons. The van der Waals surface area contributed by atoms with Gasteiger partial charge in [-0.15, -0.1) is 11.3 Å². The molecule has 0 spiro atoms. The highest BCUT2D eigenvalue weighted by Gasteiger charge is 2.27. The summed E-state index contributed by atoms with van der Waals surface area (Å²) in [7, 11) is 1.78. The first-order valence-electron chi connectivity index (χ1n) is 5.21. The fourth-order valence-corrected chi connectivity index (χ4v) is 2.02. The number of rotatable bonds is 7. The standard InChI is InChI=1S/C10H15F3N2OS/c1-14-8(6-9-15-3-5-17-9)2-4-16-7-10(11,12)13/h3,5,8,14H,2,4,6-7H2,1H3. The summed E-state index contributed by atoms with van der Waals surface area (Å²) in [5, 5.41) is 5.89. The smallest absolute Gasteiger partial charge is 0.372 e. The molecule has 17 heavy (non-hydrogen) atoms. The second-order valence-corrected chi connectivity index (χ2v) is 4.55. The van der Waals surface area contributed by atoms with Gasteiger partial charge < -0.3 is 10.1 Å². The highest BCUT2D eigenvalue weighted by atomic mass is 32.1. The maximum Gasteiger partial charge on any atom is 0.411 e. The molecule has 0 saturated heterocycles. The average molecular weight is 268 g/mol. The van der Waals surface area contributed by atoms with Crippen molar-refractivity contribution in [1.29, 1.82) is 0 Å². The molecule has 0 amide bonds. The van der Waals surface area contributed by atoms with Crippen LogP contribution in [0.5, 0.6) is 0 Å². The summed E-state index contributed by atoms with van der Waals surface area (Å²) in [6.07, 6.45) is -1.28. The molecular formula is C10H15F3N2OS. The zero-order valence-electron chi connectivity index (χ0n) is 9.46. The van der Waals surface area contributed by atoms with Gasteiger partial charge >= 0.3 is 6.18 Å². The Kier molecular flexibility index (Phi) is 5.87. The maximum atomic E-state index is 11.8. The Bertz CT molecular complexity index is 303. The summed E-state index contributed by atoms with van der Waals surface area (Å²) in [6, 6.07) is 0.0920. The number of hydrogen-bond acceptors (Lipinski definition) is 4. The molecule has 0 bridgehead atoms. The van der Waals surface area contributed by atoms with Gasteiger partial charge in [0.2, 0.25) is 0 Å². The van der Waals surface area contributed by atoms with Crippen LogP contribution < -0.4 is 5.32 Å². The summed E-state index contributed by atoms with van der Waals surface area (Å²) >= 11 is 1.54. The number of thiazole rings is 1. The van der Waals surface area contributed by atoms with Crippen LogP contribution in [0, 0.1) is 0 Å². The highest BCUT2D eigenvalue weighted by Crippen LogP contribution is 2.15. The SMILES string of the molecule is CNC(CCOCC(F)(F)F)Cc1nccs1. The lowest BCUT2D eigenvalue weighted by molar-refractivity contribution is -0.174. The van der Waals surface area contributed by atoms with Crippen LogP contribution in [-0.2, 0) is 11.2 Å². The van der Waals surface area contributed by atoms with Crippen molar-refractivity contribution in [2.75, 3.05) is 20.3 Å². The van der Waals surface area contributed by atoms with Crippen LogP contribution in [0.1, 0.15) is 11.4 Å². The molecule has 98 valence electrons. The predicted octanol–water partition coefficient (Wildman–Crippen LogP) is 2.24. The minimum absolute atomic E-state index is 0.0920. The molecule has 1 unspecified atom stereocenters. The van der Waals surface area contributed by atoms with Crippen molar-refractivity contribution in [2.45, 2.75) is 25.1 Å². The van der Waals surface area contributed by atoms with Crippen LogP contribution in [0.25, 0.3) is 0 Å². The Morgan fingerprint density at radius 2 is 2.29 bits per heavy atom. The fraction of sp³-hybridized carbons (Fsp3) is 0.700. The lowest BCUT2D eigenvalue weighted by Gasteiger charge is -2.15. The molecule has 0 fully saturated rings. The van der Waals surface area contributed by atoms with Crippen LogP contribution in [0.4, 0.5) is 13.2 Å². The first kappa shape index (κ1) is 14.4. The van der Waals surface area contributed by atoms with Crippen molar-refractivity contribution >= 4 is 11.3 Å². The van der Waals surface area contributed by atoms with Gasteiger partial charge in [-0.1, -0.05) is 0 Å². The first-order chi connectivity index (χ1) is 8.01. The summed E-state index contributed by atoms with van der Waals surface area (Å²) in [4.78, 5) is 4.13. The Morgan fingerprint density at radius 1 is 1.53 bits per heavy atom. The second-order valence-electron chi connectivity index (χ2n) is 3.57. The van der Waals surface area contributed by atoms with Crippen molar-refractivity contribution < 1.29 is 17.9 Å². The summed E-state index contributed by atoms with van der Waals surface area (Å²) in [6.45, 7) is -1.09. The third-order valence-corrected chi connectivity index (χ3v) is 2.99. The monoisotopic (exact) mass is 268 g/mol. The lowest BCUT2D eigenvalue weighted by Crippen LogP contribution is -2.29. The van der Waals surface area contributed by atoms with E-state index in [9.17, 15) is 13.2 Å². The van der Waals surface area contributed by atoms with Crippen molar-refractivity contribution in [2.24, 2.45) is 0 Å². The first-order valence-corrected chi connectivity index (χ1v) is 6.09. The Hall–Kier alpha value is -0.660. The quantitative estimate of drug-likeness (QED) is 0.770. The number of ether oxygens (including phenoxy) is 1. The molecule has 3 nitrogen and oxygen atoms in total. The van der Waals surface area contributed by atoms with E-state index in [2.05, 4.69) is 15.0 Å². The zero-order chi connectivity index (χ0) is 12.7. The van der Waals surface area contributed by atoms with Gasteiger partial charge in [-0.25, -0.2) is 4.98 Å². The number of aromatic nitrogens is 1. The summed E-state index contributed by atoms with van der Waals surface area (Å²) in [5.41, 5.74) is 0. The number of alkyl halides is 3. The van der Waals surface area contributed by atoms with Crippen molar-refractivity contribution in [1.82, 2.24) is 10.3 Å². The number of hydrogen-bond donors (Lipinski definition) is 1. The van der Waals surface area contributed by atoms with E-state index in [0.29, 0.717) is 12.8 Å². The number of likely N-dealkylation sites (N-methyl/N-ethyl adjacent to an activating group) is 1. The molecule has 1 heterocycles. The number of halogens is 3. The van der Waals surface area contributed by atoms with E-state index in [1.165, 1.54) is 11.3 Å². The van der Waals surface area contributed by atoms with E-state index < -0.39 is 12.8 Å². The van der Waals surface area contributed by atoms with E-state index in [4.69, 9.17) is 0 Å². The minimum Gasteiger partial charge on any atom is -0.372 e. The van der Waals surface area contributed by atoms with Crippen LogP contribution in [0.3, 0.4) is 0 Å². The molecule has 1 atom stereocenters. The minimum atomic E-state index is -4.25. The van der Waals surface area contributed by atoms with E-state index in [1.807, 2.05) is 5.38 Å². The molecular weight excluding hydrogens is 253 g/mol. The molecule has 1 aromatic heterocycles. The Labute approximate surface area is 102 Å². The van der Waals surface area contributed by atoms with E-state index in [-0.39, 0.29) is 12.6 Å². The molecule has 0 aliphatic rings. The normalized spacial score (nSPS) is 13.9. The van der Waals surface area contributed by atoms with Gasteiger partial charge in [0.1, 0.15) is 6.61 Å². The van der Waals surface area contributed by atoms with Gasteiger partial charge in [0.15, 0.2) is 0 Å². The van der Waals surface area contributed by atoms with Crippen LogP contribution in [0.2, 0.25) is 0 Å². The topological polar surface area (TPSA) is 34.1 Å². The third kappa shape index (κ3) is 6.60. The molecule has 7 heteroatoms. The molecule has 0 saturated carbocycles. The van der Waals surface area contributed by atoms with E-state index in [1.54, 1.807) is 13.2 Å². The van der Waals surface area contributed by atoms with E-state index >= 15 is 0 Å². The van der Waals surface area contributed by atoms with Crippen LogP contribution in [-0.4, -0.2) is 37.5 Å². The second kappa shape index (κ2) is 6.93. The predicted molar refractivity (Wildman–Crippen MR) is 60.2 cm³/mol. The maximum absolute atomic E-state index is 11.8. The molecule has 1 aromatic rings. The summed E-state index contributed by atoms with van der Waals surface area (Å²) < 4.78 is 40.0. The Morgan fingerprint density at radius 3 is 2.82 bits per heavy atom. The Balaban J connectivity index is 2.19. The molecule has 0 aliphatic carbocycles.